The fourth-order valence-corrected chi connectivity index (χ4v) is 1.99. The molecule has 0 heterocycles. The molecule has 0 aliphatic rings. The van der Waals surface area contributed by atoms with E-state index in [1.807, 2.05) is 0 Å². The van der Waals surface area contributed by atoms with Gasteiger partial charge >= 0.3 is 0 Å². The molecule has 0 radical (unpaired) electrons. The number of hydrogen-bond donors (Lipinski definition) is 0. The predicted octanol–water partition coefficient (Wildman–Crippen LogP) is 4.73. The minimum absolute atomic E-state index is 0.0243. The van der Waals surface area contributed by atoms with E-state index in [1.165, 1.54) is 57.8 Å². The van der Waals surface area contributed by atoms with Crippen LogP contribution in [0.25, 0.3) is 0 Å². The molecule has 2 nitrogen and oxygen atoms in total. The van der Waals surface area contributed by atoms with Crippen LogP contribution < -0.4 is 0 Å². The van der Waals surface area contributed by atoms with Gasteiger partial charge in [-0.3, -0.25) is 4.79 Å². The van der Waals surface area contributed by atoms with Crippen molar-refractivity contribution in [1.82, 2.24) is 0 Å². The second-order valence-corrected chi connectivity index (χ2v) is 5.17. The summed E-state index contributed by atoms with van der Waals surface area (Å²) in [6.07, 6.45) is 13.2. The Kier molecular flexibility index (Phi) is 14.9. The smallest absolute Gasteiger partial charge is 0.173 e. The number of carbonyl (C=O) groups is 1. The molecule has 0 spiro atoms. The van der Waals surface area contributed by atoms with Gasteiger partial charge in [-0.15, -0.1) is 11.6 Å². The van der Waals surface area contributed by atoms with Crippen LogP contribution in [0.4, 0.5) is 0 Å². The molecule has 0 fully saturated rings. The summed E-state index contributed by atoms with van der Waals surface area (Å²) >= 11 is 5.37. The number of ether oxygens (including phenoxy) is 1. The Morgan fingerprint density at radius 1 is 0.889 bits per heavy atom. The topological polar surface area (TPSA) is 26.3 Å². The van der Waals surface area contributed by atoms with Crippen molar-refractivity contribution in [2.75, 3.05) is 19.1 Å². The van der Waals surface area contributed by atoms with E-state index < -0.39 is 0 Å². The molecule has 0 aliphatic heterocycles. The van der Waals surface area contributed by atoms with Gasteiger partial charge < -0.3 is 4.74 Å². The molecule has 0 aromatic heterocycles. The Balaban J connectivity index is 2.97. The highest BCUT2D eigenvalue weighted by molar-refractivity contribution is 6.27. The van der Waals surface area contributed by atoms with Crippen molar-refractivity contribution in [3.63, 3.8) is 0 Å². The van der Waals surface area contributed by atoms with Crippen molar-refractivity contribution in [3.8, 4) is 0 Å². The van der Waals surface area contributed by atoms with Crippen molar-refractivity contribution >= 4 is 17.4 Å². The number of rotatable bonds is 14. The molecular weight excluding hydrogens is 248 g/mol. The number of carbonyl (C=O) groups excluding carboxylic acids is 1. The number of hydrogen-bond acceptors (Lipinski definition) is 2. The lowest BCUT2D eigenvalue weighted by molar-refractivity contribution is -0.121. The second kappa shape index (κ2) is 15.0. The Morgan fingerprint density at radius 2 is 1.39 bits per heavy atom. The lowest BCUT2D eigenvalue weighted by Crippen LogP contribution is -2.10. The lowest BCUT2D eigenvalue weighted by atomic mass is 10.1. The number of ketones is 1. The van der Waals surface area contributed by atoms with Gasteiger partial charge in [-0.05, 0) is 6.42 Å². The molecule has 0 aromatic carbocycles. The van der Waals surface area contributed by atoms with Gasteiger partial charge in [-0.2, -0.15) is 0 Å². The van der Waals surface area contributed by atoms with Crippen molar-refractivity contribution in [2.45, 2.75) is 71.1 Å². The van der Waals surface area contributed by atoms with E-state index in [0.717, 1.165) is 6.42 Å². The zero-order chi connectivity index (χ0) is 13.5. The van der Waals surface area contributed by atoms with Gasteiger partial charge in [-0.1, -0.05) is 64.7 Å². The highest BCUT2D eigenvalue weighted by atomic mass is 35.5. The van der Waals surface area contributed by atoms with Crippen LogP contribution in [-0.4, -0.2) is 24.9 Å². The first-order chi connectivity index (χ1) is 8.81. The van der Waals surface area contributed by atoms with E-state index in [2.05, 4.69) is 6.92 Å². The second-order valence-electron chi connectivity index (χ2n) is 4.91. The number of Topliss-reactive ketones (excluding diaryl/α,β-unsaturated/α-hetero) is 1. The van der Waals surface area contributed by atoms with Crippen LogP contribution >= 0.6 is 11.6 Å². The fourth-order valence-electron chi connectivity index (χ4n) is 1.92. The highest BCUT2D eigenvalue weighted by Crippen LogP contribution is 2.10. The summed E-state index contributed by atoms with van der Waals surface area (Å²) in [5.41, 5.74) is 0. The summed E-state index contributed by atoms with van der Waals surface area (Å²) in [6.45, 7) is 3.13. The highest BCUT2D eigenvalue weighted by Gasteiger charge is 1.98. The van der Waals surface area contributed by atoms with Crippen LogP contribution in [0.3, 0.4) is 0 Å². The van der Waals surface area contributed by atoms with E-state index in [1.54, 1.807) is 0 Å². The Hall–Kier alpha value is -0.0800. The maximum atomic E-state index is 10.8. The van der Waals surface area contributed by atoms with Gasteiger partial charge in [0.05, 0.1) is 5.88 Å². The normalized spacial score (nSPS) is 10.8. The molecule has 18 heavy (non-hydrogen) atoms. The number of alkyl halides is 1. The van der Waals surface area contributed by atoms with Crippen LogP contribution in [0.15, 0.2) is 0 Å². The van der Waals surface area contributed by atoms with Gasteiger partial charge in [0.15, 0.2) is 5.78 Å². The standard InChI is InChI=1S/C15H29ClO2/c1-2-3-4-5-6-7-8-9-10-11-12-18-14-15(17)13-16/h2-14H2,1H3. The van der Waals surface area contributed by atoms with Crippen molar-refractivity contribution in [2.24, 2.45) is 0 Å². The summed E-state index contributed by atoms with van der Waals surface area (Å²) < 4.78 is 5.22. The maximum absolute atomic E-state index is 10.8. The summed E-state index contributed by atoms with van der Waals surface area (Å²) in [5, 5.41) is 0. The van der Waals surface area contributed by atoms with Crippen LogP contribution in [0.2, 0.25) is 0 Å². The first-order valence-electron chi connectivity index (χ1n) is 7.46. The SMILES string of the molecule is CCCCCCCCCCCCOCC(=O)CCl. The molecular formula is C15H29ClO2. The lowest BCUT2D eigenvalue weighted by Gasteiger charge is -2.03. The van der Waals surface area contributed by atoms with E-state index in [0.29, 0.717) is 6.61 Å². The number of unbranched alkanes of at least 4 members (excludes halogenated alkanes) is 9. The van der Waals surface area contributed by atoms with E-state index in [4.69, 9.17) is 16.3 Å². The van der Waals surface area contributed by atoms with Gasteiger partial charge in [0, 0.05) is 6.61 Å². The van der Waals surface area contributed by atoms with Gasteiger partial charge in [-0.25, -0.2) is 0 Å². The third-order valence-electron chi connectivity index (χ3n) is 3.05. The molecule has 0 amide bonds. The van der Waals surface area contributed by atoms with Crippen LogP contribution in [0.1, 0.15) is 71.1 Å². The molecule has 0 saturated heterocycles. The van der Waals surface area contributed by atoms with E-state index >= 15 is 0 Å². The van der Waals surface area contributed by atoms with Crippen LogP contribution in [0, 0.1) is 0 Å². The van der Waals surface area contributed by atoms with Crippen molar-refractivity contribution < 1.29 is 9.53 Å². The van der Waals surface area contributed by atoms with E-state index in [-0.39, 0.29) is 18.3 Å². The largest absolute Gasteiger partial charge is 0.374 e. The molecule has 3 heteroatoms. The molecule has 0 atom stereocenters. The molecule has 0 N–H and O–H groups in total. The molecule has 0 rings (SSSR count). The molecule has 0 aromatic rings. The zero-order valence-electron chi connectivity index (χ0n) is 11.9. The van der Waals surface area contributed by atoms with Crippen LogP contribution in [0.5, 0.6) is 0 Å². The Labute approximate surface area is 117 Å². The fraction of sp³-hybridized carbons (Fsp3) is 0.933. The maximum Gasteiger partial charge on any atom is 0.173 e. The Bertz CT molecular complexity index is 183. The average Bonchev–Trinajstić information content (AvgIpc) is 2.39. The van der Waals surface area contributed by atoms with Crippen molar-refractivity contribution in [3.05, 3.63) is 0 Å². The number of halogens is 1. The predicted molar refractivity (Wildman–Crippen MR) is 78.4 cm³/mol. The molecule has 0 saturated carbocycles. The monoisotopic (exact) mass is 276 g/mol. The first-order valence-corrected chi connectivity index (χ1v) is 8.00. The summed E-state index contributed by atoms with van der Waals surface area (Å²) in [7, 11) is 0. The molecule has 0 aliphatic carbocycles. The van der Waals surface area contributed by atoms with Gasteiger partial charge in [0.2, 0.25) is 0 Å². The summed E-state index contributed by atoms with van der Waals surface area (Å²) in [5.74, 6) is 0.0432. The quantitative estimate of drug-likeness (QED) is 0.339. The molecule has 0 bridgehead atoms. The minimum atomic E-state index is -0.0243. The zero-order valence-corrected chi connectivity index (χ0v) is 12.6. The summed E-state index contributed by atoms with van der Waals surface area (Å²) in [6, 6.07) is 0. The minimum Gasteiger partial charge on any atom is -0.374 e. The Morgan fingerprint density at radius 3 is 1.89 bits per heavy atom. The third kappa shape index (κ3) is 14.0. The van der Waals surface area contributed by atoms with Gasteiger partial charge in [0.25, 0.3) is 0 Å². The van der Waals surface area contributed by atoms with Crippen molar-refractivity contribution in [1.29, 1.82) is 0 Å². The average molecular weight is 277 g/mol. The van der Waals surface area contributed by atoms with E-state index in [9.17, 15) is 4.79 Å². The third-order valence-corrected chi connectivity index (χ3v) is 3.35. The molecule has 108 valence electrons. The first kappa shape index (κ1) is 17.9. The molecule has 0 unspecified atom stereocenters. The summed E-state index contributed by atoms with van der Waals surface area (Å²) in [4.78, 5) is 10.8. The van der Waals surface area contributed by atoms with Crippen LogP contribution in [-0.2, 0) is 9.53 Å². The van der Waals surface area contributed by atoms with Gasteiger partial charge in [0.1, 0.15) is 6.61 Å².